The SMILES string of the molecule is CCCCc1cc2ccccc2c(S(=O)(=O)O)c1-c1ccccc1. The summed E-state index contributed by atoms with van der Waals surface area (Å²) in [5.41, 5.74) is 2.38. The summed E-state index contributed by atoms with van der Waals surface area (Å²) in [6.07, 6.45) is 2.75. The molecule has 0 aromatic heterocycles. The Kier molecular flexibility index (Phi) is 4.69. The largest absolute Gasteiger partial charge is 0.295 e. The highest BCUT2D eigenvalue weighted by Crippen LogP contribution is 2.37. The molecule has 0 bridgehead atoms. The molecule has 0 spiro atoms. The van der Waals surface area contributed by atoms with Crippen LogP contribution >= 0.6 is 0 Å². The Morgan fingerprint density at radius 2 is 1.62 bits per heavy atom. The molecule has 3 nitrogen and oxygen atoms in total. The van der Waals surface area contributed by atoms with Gasteiger partial charge in [0, 0.05) is 10.9 Å². The Labute approximate surface area is 142 Å². The van der Waals surface area contributed by atoms with Crippen molar-refractivity contribution in [2.75, 3.05) is 0 Å². The first kappa shape index (κ1) is 16.7. The first-order valence-corrected chi connectivity index (χ1v) is 9.54. The third-order valence-corrected chi connectivity index (χ3v) is 5.14. The van der Waals surface area contributed by atoms with Crippen LogP contribution in [0, 0.1) is 0 Å². The van der Waals surface area contributed by atoms with Gasteiger partial charge in [-0.1, -0.05) is 74.0 Å². The average Bonchev–Trinajstić information content (AvgIpc) is 2.58. The molecule has 24 heavy (non-hydrogen) atoms. The van der Waals surface area contributed by atoms with Crippen LogP contribution in [0.2, 0.25) is 0 Å². The fourth-order valence-corrected chi connectivity index (χ4v) is 4.09. The maximum Gasteiger partial charge on any atom is 0.295 e. The van der Waals surface area contributed by atoms with Gasteiger partial charge in [-0.2, -0.15) is 8.42 Å². The van der Waals surface area contributed by atoms with Gasteiger partial charge in [-0.25, -0.2) is 0 Å². The number of fused-ring (bicyclic) bond motifs is 1. The monoisotopic (exact) mass is 340 g/mol. The van der Waals surface area contributed by atoms with Gasteiger partial charge in [0.15, 0.2) is 0 Å². The molecule has 0 amide bonds. The van der Waals surface area contributed by atoms with Gasteiger partial charge in [-0.3, -0.25) is 4.55 Å². The van der Waals surface area contributed by atoms with Gasteiger partial charge < -0.3 is 0 Å². The van der Waals surface area contributed by atoms with E-state index in [1.807, 2.05) is 48.5 Å². The van der Waals surface area contributed by atoms with E-state index in [1.54, 1.807) is 12.1 Å². The topological polar surface area (TPSA) is 54.4 Å². The van der Waals surface area contributed by atoms with Crippen LogP contribution in [-0.4, -0.2) is 13.0 Å². The molecule has 0 aliphatic carbocycles. The number of aryl methyl sites for hydroxylation is 1. The van der Waals surface area contributed by atoms with Crippen molar-refractivity contribution in [2.45, 2.75) is 31.1 Å². The molecular weight excluding hydrogens is 320 g/mol. The Morgan fingerprint density at radius 1 is 0.958 bits per heavy atom. The van der Waals surface area contributed by atoms with Crippen molar-refractivity contribution < 1.29 is 13.0 Å². The Hall–Kier alpha value is -2.17. The summed E-state index contributed by atoms with van der Waals surface area (Å²) in [7, 11) is -4.36. The molecule has 0 unspecified atom stereocenters. The molecule has 0 aliphatic heterocycles. The summed E-state index contributed by atoms with van der Waals surface area (Å²) in [5, 5.41) is 1.38. The zero-order chi connectivity index (χ0) is 17.2. The minimum atomic E-state index is -4.36. The van der Waals surface area contributed by atoms with Gasteiger partial charge in [-0.05, 0) is 29.4 Å². The minimum Gasteiger partial charge on any atom is -0.282 e. The molecule has 3 rings (SSSR count). The third kappa shape index (κ3) is 3.21. The molecule has 0 fully saturated rings. The fraction of sp³-hybridized carbons (Fsp3) is 0.200. The van der Waals surface area contributed by atoms with Gasteiger partial charge in [0.1, 0.15) is 4.90 Å². The predicted octanol–water partition coefficient (Wildman–Crippen LogP) is 5.10. The lowest BCUT2D eigenvalue weighted by Crippen LogP contribution is -2.05. The molecule has 0 radical (unpaired) electrons. The van der Waals surface area contributed by atoms with E-state index < -0.39 is 10.1 Å². The van der Waals surface area contributed by atoms with E-state index in [9.17, 15) is 13.0 Å². The highest BCUT2D eigenvalue weighted by molar-refractivity contribution is 7.86. The Balaban J connectivity index is 2.44. The van der Waals surface area contributed by atoms with E-state index in [0.717, 1.165) is 35.8 Å². The summed E-state index contributed by atoms with van der Waals surface area (Å²) in [6.45, 7) is 2.10. The van der Waals surface area contributed by atoms with Crippen LogP contribution in [0.5, 0.6) is 0 Å². The smallest absolute Gasteiger partial charge is 0.282 e. The summed E-state index contributed by atoms with van der Waals surface area (Å²) < 4.78 is 34.4. The highest BCUT2D eigenvalue weighted by atomic mass is 32.2. The molecular formula is C20H20O3S. The quantitative estimate of drug-likeness (QED) is 0.658. The summed E-state index contributed by atoms with van der Waals surface area (Å²) in [6, 6.07) is 18.7. The van der Waals surface area contributed by atoms with Crippen LogP contribution in [0.15, 0.2) is 65.6 Å². The van der Waals surface area contributed by atoms with Gasteiger partial charge in [-0.15, -0.1) is 0 Å². The van der Waals surface area contributed by atoms with Crippen molar-refractivity contribution in [1.29, 1.82) is 0 Å². The molecule has 0 saturated heterocycles. The summed E-state index contributed by atoms with van der Waals surface area (Å²) in [5.74, 6) is 0. The highest BCUT2D eigenvalue weighted by Gasteiger charge is 2.23. The van der Waals surface area contributed by atoms with E-state index in [2.05, 4.69) is 6.92 Å². The molecule has 0 saturated carbocycles. The zero-order valence-corrected chi connectivity index (χ0v) is 14.4. The Morgan fingerprint density at radius 3 is 2.29 bits per heavy atom. The van der Waals surface area contributed by atoms with Crippen LogP contribution in [0.3, 0.4) is 0 Å². The number of hydrogen-bond donors (Lipinski definition) is 1. The van der Waals surface area contributed by atoms with E-state index in [4.69, 9.17) is 0 Å². The number of unbranched alkanes of at least 4 members (excludes halogenated alkanes) is 1. The molecule has 0 aliphatic rings. The number of rotatable bonds is 5. The van der Waals surface area contributed by atoms with Crippen LogP contribution in [0.25, 0.3) is 21.9 Å². The summed E-state index contributed by atoms with van der Waals surface area (Å²) >= 11 is 0. The fourth-order valence-electron chi connectivity index (χ4n) is 3.12. The van der Waals surface area contributed by atoms with Gasteiger partial charge in [0.05, 0.1) is 0 Å². The lowest BCUT2D eigenvalue weighted by atomic mass is 9.92. The van der Waals surface area contributed by atoms with Crippen LogP contribution in [0.4, 0.5) is 0 Å². The second kappa shape index (κ2) is 6.75. The van der Waals surface area contributed by atoms with Gasteiger partial charge in [0.2, 0.25) is 0 Å². The van der Waals surface area contributed by atoms with E-state index in [1.165, 1.54) is 0 Å². The van der Waals surface area contributed by atoms with Gasteiger partial charge >= 0.3 is 0 Å². The lowest BCUT2D eigenvalue weighted by molar-refractivity contribution is 0.484. The van der Waals surface area contributed by atoms with Crippen molar-refractivity contribution in [1.82, 2.24) is 0 Å². The maximum absolute atomic E-state index is 12.2. The standard InChI is InChI=1S/C20H20O3S/c1-2-3-9-17-14-16-12-7-8-13-18(16)20(24(21,22)23)19(17)15-10-5-4-6-11-15/h4-8,10-14H,2-3,9H2,1H3,(H,21,22,23). The third-order valence-electron chi connectivity index (χ3n) is 4.20. The van der Waals surface area contributed by atoms with Gasteiger partial charge in [0.25, 0.3) is 10.1 Å². The van der Waals surface area contributed by atoms with Crippen molar-refractivity contribution >= 4 is 20.9 Å². The first-order valence-electron chi connectivity index (χ1n) is 8.10. The Bertz CT molecular complexity index is 961. The van der Waals surface area contributed by atoms with Crippen LogP contribution in [-0.2, 0) is 16.5 Å². The van der Waals surface area contributed by atoms with E-state index in [-0.39, 0.29) is 4.90 Å². The molecule has 0 heterocycles. The molecule has 3 aromatic carbocycles. The number of benzene rings is 3. The first-order chi connectivity index (χ1) is 11.5. The molecule has 4 heteroatoms. The molecule has 124 valence electrons. The lowest BCUT2D eigenvalue weighted by Gasteiger charge is -2.17. The second-order valence-electron chi connectivity index (χ2n) is 5.91. The molecule has 3 aromatic rings. The number of hydrogen-bond acceptors (Lipinski definition) is 2. The van der Waals surface area contributed by atoms with Crippen molar-refractivity contribution in [2.24, 2.45) is 0 Å². The minimum absolute atomic E-state index is 0.0119. The van der Waals surface area contributed by atoms with E-state index in [0.29, 0.717) is 10.9 Å². The average molecular weight is 340 g/mol. The maximum atomic E-state index is 12.2. The molecule has 1 N–H and O–H groups in total. The van der Waals surface area contributed by atoms with Crippen LogP contribution in [0.1, 0.15) is 25.3 Å². The van der Waals surface area contributed by atoms with Crippen molar-refractivity contribution in [3.8, 4) is 11.1 Å². The van der Waals surface area contributed by atoms with Crippen LogP contribution < -0.4 is 0 Å². The second-order valence-corrected chi connectivity index (χ2v) is 7.26. The van der Waals surface area contributed by atoms with E-state index >= 15 is 0 Å². The molecule has 0 atom stereocenters. The summed E-state index contributed by atoms with van der Waals surface area (Å²) in [4.78, 5) is 0.0119. The normalized spacial score (nSPS) is 11.8. The van der Waals surface area contributed by atoms with Crippen molar-refractivity contribution in [3.05, 3.63) is 66.2 Å². The van der Waals surface area contributed by atoms with Crippen molar-refractivity contribution in [3.63, 3.8) is 0 Å². The predicted molar refractivity (Wildman–Crippen MR) is 97.8 cm³/mol. The zero-order valence-electron chi connectivity index (χ0n) is 13.6.